The second kappa shape index (κ2) is 6.10. The van der Waals surface area contributed by atoms with Crippen molar-refractivity contribution in [2.75, 3.05) is 0 Å². The zero-order chi connectivity index (χ0) is 16.5. The van der Waals surface area contributed by atoms with Gasteiger partial charge in [-0.05, 0) is 18.2 Å². The van der Waals surface area contributed by atoms with E-state index >= 15 is 0 Å². The molecule has 0 saturated carbocycles. The van der Waals surface area contributed by atoms with Gasteiger partial charge < -0.3 is 9.15 Å². The Bertz CT molecular complexity index is 1030. The maximum absolute atomic E-state index is 11.9. The van der Waals surface area contributed by atoms with Crippen LogP contribution in [0.2, 0.25) is 5.15 Å². The molecule has 0 amide bonds. The lowest BCUT2D eigenvalue weighted by Crippen LogP contribution is -2.01. The average Bonchev–Trinajstić information content (AvgIpc) is 3.25. The molecule has 0 aliphatic carbocycles. The lowest BCUT2D eigenvalue weighted by atomic mass is 10.3. The number of rotatable bonds is 4. The van der Waals surface area contributed by atoms with Crippen LogP contribution in [0.3, 0.4) is 0 Å². The summed E-state index contributed by atoms with van der Waals surface area (Å²) in [7, 11) is 0. The molecule has 0 atom stereocenters. The number of carbonyl (C=O) groups is 1. The van der Waals surface area contributed by atoms with Crippen LogP contribution in [0.4, 0.5) is 0 Å². The summed E-state index contributed by atoms with van der Waals surface area (Å²) < 4.78 is 12.4. The van der Waals surface area contributed by atoms with Crippen LogP contribution < -0.4 is 0 Å². The van der Waals surface area contributed by atoms with Crippen molar-refractivity contribution in [1.29, 1.82) is 0 Å². The highest BCUT2D eigenvalue weighted by Crippen LogP contribution is 2.22. The van der Waals surface area contributed by atoms with E-state index in [2.05, 4.69) is 9.97 Å². The molecule has 1 aromatic carbocycles. The molecule has 24 heavy (non-hydrogen) atoms. The standard InChI is InChI=1S/C16H10ClN3O3S/c17-15-11(20-7-8-24-16(20)19-15)5-6-14(21)22-9-13-18-10-3-1-2-4-12(10)23-13/h1-8H,9H2. The van der Waals surface area contributed by atoms with Gasteiger partial charge in [-0.1, -0.05) is 23.7 Å². The van der Waals surface area contributed by atoms with E-state index in [0.717, 1.165) is 10.5 Å². The minimum absolute atomic E-state index is 0.0359. The third-order valence-corrected chi connectivity index (χ3v) is 4.34. The van der Waals surface area contributed by atoms with Crippen LogP contribution in [-0.4, -0.2) is 20.3 Å². The molecule has 0 radical (unpaired) electrons. The number of benzene rings is 1. The van der Waals surface area contributed by atoms with Gasteiger partial charge in [0.2, 0.25) is 5.89 Å². The van der Waals surface area contributed by atoms with Gasteiger partial charge in [-0.15, -0.1) is 11.3 Å². The molecular weight excluding hydrogens is 350 g/mol. The number of para-hydroxylation sites is 2. The van der Waals surface area contributed by atoms with Crippen molar-refractivity contribution in [2.24, 2.45) is 0 Å². The molecule has 0 aliphatic rings. The van der Waals surface area contributed by atoms with Gasteiger partial charge in [-0.25, -0.2) is 14.8 Å². The molecule has 0 fully saturated rings. The molecule has 0 spiro atoms. The molecule has 0 aliphatic heterocycles. The first-order valence-corrected chi connectivity index (χ1v) is 8.27. The molecule has 0 bridgehead atoms. The summed E-state index contributed by atoms with van der Waals surface area (Å²) in [6.07, 6.45) is 4.71. The number of halogens is 1. The number of hydrogen-bond acceptors (Lipinski definition) is 6. The first-order chi connectivity index (χ1) is 11.7. The van der Waals surface area contributed by atoms with Gasteiger partial charge in [0.1, 0.15) is 5.52 Å². The first-order valence-electron chi connectivity index (χ1n) is 7.01. The largest absolute Gasteiger partial charge is 0.453 e. The van der Waals surface area contributed by atoms with Crippen LogP contribution >= 0.6 is 22.9 Å². The predicted octanol–water partition coefficient (Wildman–Crippen LogP) is 3.95. The molecule has 3 aromatic heterocycles. The highest BCUT2D eigenvalue weighted by molar-refractivity contribution is 7.15. The van der Waals surface area contributed by atoms with Crippen LogP contribution in [0.15, 0.2) is 46.3 Å². The van der Waals surface area contributed by atoms with Crippen molar-refractivity contribution in [1.82, 2.24) is 14.4 Å². The lowest BCUT2D eigenvalue weighted by Gasteiger charge is -1.97. The summed E-state index contributed by atoms with van der Waals surface area (Å²) in [5.74, 6) is -0.168. The monoisotopic (exact) mass is 359 g/mol. The summed E-state index contributed by atoms with van der Waals surface area (Å²) in [5.41, 5.74) is 2.02. The number of imidazole rings is 1. The normalized spacial score (nSPS) is 11.7. The minimum atomic E-state index is -0.515. The van der Waals surface area contributed by atoms with Crippen LogP contribution in [0.25, 0.3) is 22.1 Å². The smallest absolute Gasteiger partial charge is 0.331 e. The Morgan fingerprint density at radius 3 is 3.12 bits per heavy atom. The topological polar surface area (TPSA) is 69.6 Å². The number of nitrogens with zero attached hydrogens (tertiary/aromatic N) is 3. The number of fused-ring (bicyclic) bond motifs is 2. The Hall–Kier alpha value is -2.64. The van der Waals surface area contributed by atoms with Crippen molar-refractivity contribution < 1.29 is 13.9 Å². The number of hydrogen-bond donors (Lipinski definition) is 0. The predicted molar refractivity (Wildman–Crippen MR) is 90.9 cm³/mol. The molecule has 6 nitrogen and oxygen atoms in total. The van der Waals surface area contributed by atoms with Crippen molar-refractivity contribution in [2.45, 2.75) is 6.61 Å². The maximum atomic E-state index is 11.9. The molecular formula is C16H10ClN3O3S. The highest BCUT2D eigenvalue weighted by atomic mass is 35.5. The fourth-order valence-corrected chi connectivity index (χ4v) is 3.24. The van der Waals surface area contributed by atoms with E-state index in [1.54, 1.807) is 16.5 Å². The number of carbonyl (C=O) groups excluding carboxylic acids is 1. The third-order valence-electron chi connectivity index (χ3n) is 3.31. The van der Waals surface area contributed by atoms with Gasteiger partial charge in [0.25, 0.3) is 0 Å². The minimum Gasteiger partial charge on any atom is -0.453 e. The molecule has 8 heteroatoms. The Morgan fingerprint density at radius 1 is 1.38 bits per heavy atom. The van der Waals surface area contributed by atoms with Gasteiger partial charge in [0.15, 0.2) is 22.3 Å². The Kier molecular flexibility index (Phi) is 3.79. The van der Waals surface area contributed by atoms with E-state index < -0.39 is 5.97 Å². The Labute approximate surface area is 145 Å². The molecule has 0 N–H and O–H groups in total. The van der Waals surface area contributed by atoms with Gasteiger partial charge in [0, 0.05) is 17.7 Å². The zero-order valence-corrected chi connectivity index (χ0v) is 13.8. The van der Waals surface area contributed by atoms with Gasteiger partial charge in [-0.3, -0.25) is 4.40 Å². The molecule has 4 rings (SSSR count). The summed E-state index contributed by atoms with van der Waals surface area (Å²) in [6.45, 7) is -0.0359. The van der Waals surface area contributed by atoms with Crippen LogP contribution in [0.1, 0.15) is 11.6 Å². The lowest BCUT2D eigenvalue weighted by molar-refractivity contribution is -0.139. The van der Waals surface area contributed by atoms with Gasteiger partial charge in [-0.2, -0.15) is 0 Å². The number of ether oxygens (including phenoxy) is 1. The molecule has 0 unspecified atom stereocenters. The summed E-state index contributed by atoms with van der Waals surface area (Å²) in [4.78, 5) is 21.1. The number of thiazole rings is 1. The number of esters is 1. The average molecular weight is 360 g/mol. The van der Waals surface area contributed by atoms with E-state index in [9.17, 15) is 4.79 Å². The van der Waals surface area contributed by atoms with E-state index in [1.807, 2.05) is 29.8 Å². The van der Waals surface area contributed by atoms with E-state index in [1.165, 1.54) is 17.4 Å². The number of aromatic nitrogens is 3. The Morgan fingerprint density at radius 2 is 2.25 bits per heavy atom. The van der Waals surface area contributed by atoms with Gasteiger partial charge in [0.05, 0.1) is 5.69 Å². The Balaban J connectivity index is 1.44. The summed E-state index contributed by atoms with van der Waals surface area (Å²) in [6, 6.07) is 7.36. The van der Waals surface area contributed by atoms with E-state index in [4.69, 9.17) is 20.8 Å². The SMILES string of the molecule is O=C(C=Cc1c(Cl)nc2sccn12)OCc1nc2ccccc2o1. The highest BCUT2D eigenvalue weighted by Gasteiger charge is 2.10. The van der Waals surface area contributed by atoms with E-state index in [0.29, 0.717) is 22.3 Å². The maximum Gasteiger partial charge on any atom is 0.331 e. The quantitative estimate of drug-likeness (QED) is 0.407. The van der Waals surface area contributed by atoms with Crippen molar-refractivity contribution >= 4 is 51.0 Å². The van der Waals surface area contributed by atoms with Crippen LogP contribution in [-0.2, 0) is 16.1 Å². The van der Waals surface area contributed by atoms with Crippen molar-refractivity contribution in [3.8, 4) is 0 Å². The van der Waals surface area contributed by atoms with Crippen molar-refractivity contribution in [3.63, 3.8) is 0 Å². The summed E-state index contributed by atoms with van der Waals surface area (Å²) in [5, 5.41) is 2.23. The second-order valence-electron chi connectivity index (χ2n) is 4.86. The third kappa shape index (κ3) is 2.79. The molecule has 3 heterocycles. The number of oxazole rings is 1. The van der Waals surface area contributed by atoms with Crippen LogP contribution in [0.5, 0.6) is 0 Å². The van der Waals surface area contributed by atoms with Crippen LogP contribution in [0, 0.1) is 0 Å². The van der Waals surface area contributed by atoms with Crippen molar-refractivity contribution in [3.05, 3.63) is 58.7 Å². The van der Waals surface area contributed by atoms with Gasteiger partial charge >= 0.3 is 5.97 Å². The fraction of sp³-hybridized carbons (Fsp3) is 0.0625. The molecule has 4 aromatic rings. The molecule has 120 valence electrons. The first kappa shape index (κ1) is 14.9. The van der Waals surface area contributed by atoms with E-state index in [-0.39, 0.29) is 6.61 Å². The fourth-order valence-electron chi connectivity index (χ4n) is 2.24. The molecule has 0 saturated heterocycles. The summed E-state index contributed by atoms with van der Waals surface area (Å²) >= 11 is 7.52. The zero-order valence-electron chi connectivity index (χ0n) is 12.2. The second-order valence-corrected chi connectivity index (χ2v) is 6.09.